The third kappa shape index (κ3) is 18.7. The van der Waals surface area contributed by atoms with Crippen molar-refractivity contribution >= 4 is 29.7 Å². The first-order valence-corrected chi connectivity index (χ1v) is 18.6. The van der Waals surface area contributed by atoms with E-state index in [1.54, 1.807) is 0 Å². The molecule has 284 valence electrons. The Morgan fingerprint density at radius 3 is 1.73 bits per heavy atom. The molecule has 0 bridgehead atoms. The van der Waals surface area contributed by atoms with Crippen molar-refractivity contribution in [2.24, 2.45) is 11.8 Å². The Morgan fingerprint density at radius 1 is 0.633 bits per heavy atom. The van der Waals surface area contributed by atoms with Gasteiger partial charge in [0.05, 0.1) is 19.6 Å². The maximum atomic E-state index is 13.5. The van der Waals surface area contributed by atoms with Gasteiger partial charge in [0.25, 0.3) is 0 Å². The van der Waals surface area contributed by atoms with Crippen molar-refractivity contribution in [2.45, 2.75) is 168 Å². The molecule has 0 aromatic carbocycles. The lowest BCUT2D eigenvalue weighted by molar-refractivity contribution is -0.155. The summed E-state index contributed by atoms with van der Waals surface area (Å²) in [6, 6.07) is -4.40. The number of unbranched alkanes of at least 4 members (excludes halogenated alkanes) is 6. The van der Waals surface area contributed by atoms with Gasteiger partial charge in [-0.05, 0) is 63.3 Å². The van der Waals surface area contributed by atoms with Gasteiger partial charge in [0.15, 0.2) is 6.04 Å². The highest BCUT2D eigenvalue weighted by molar-refractivity contribution is 5.91. The molecule has 1 aliphatic rings. The van der Waals surface area contributed by atoms with Crippen LogP contribution in [-0.2, 0) is 33.4 Å². The number of carbonyl (C=O) groups is 5. The van der Waals surface area contributed by atoms with E-state index >= 15 is 0 Å². The molecule has 13 heteroatoms. The molecular weight excluding hydrogens is 632 g/mol. The summed E-state index contributed by atoms with van der Waals surface area (Å²) < 4.78 is 11.7. The molecule has 0 spiro atoms. The summed E-state index contributed by atoms with van der Waals surface area (Å²) in [4.78, 5) is 66.8. The van der Waals surface area contributed by atoms with Crippen LogP contribution in [0.15, 0.2) is 0 Å². The van der Waals surface area contributed by atoms with Crippen LogP contribution in [0.25, 0.3) is 0 Å². The Labute approximate surface area is 293 Å². The smallest absolute Gasteiger partial charge is 0.331 e. The van der Waals surface area contributed by atoms with Gasteiger partial charge in [0.1, 0.15) is 30.3 Å². The molecule has 1 rings (SSSR count). The van der Waals surface area contributed by atoms with E-state index in [4.69, 9.17) is 9.47 Å². The highest BCUT2D eigenvalue weighted by Gasteiger charge is 2.32. The molecule has 0 saturated carbocycles. The van der Waals surface area contributed by atoms with Gasteiger partial charge in [-0.1, -0.05) is 80.1 Å². The maximum Gasteiger partial charge on any atom is 0.331 e. The first-order chi connectivity index (χ1) is 23.3. The average Bonchev–Trinajstić information content (AvgIpc) is 3.03. The van der Waals surface area contributed by atoms with Gasteiger partial charge in [0.2, 0.25) is 17.7 Å². The molecule has 1 fully saturated rings. The van der Waals surface area contributed by atoms with Crippen molar-refractivity contribution in [3.63, 3.8) is 0 Å². The summed E-state index contributed by atoms with van der Waals surface area (Å²) in [5.74, 6) is -3.15. The zero-order valence-corrected chi connectivity index (χ0v) is 30.9. The summed E-state index contributed by atoms with van der Waals surface area (Å²) in [6.45, 7) is 10.7. The first kappa shape index (κ1) is 44.3. The van der Waals surface area contributed by atoms with Crippen molar-refractivity contribution in [3.05, 3.63) is 0 Å². The van der Waals surface area contributed by atoms with Crippen molar-refractivity contribution in [3.8, 4) is 0 Å². The second kappa shape index (κ2) is 25.2. The zero-order valence-electron chi connectivity index (χ0n) is 30.9. The van der Waals surface area contributed by atoms with E-state index in [9.17, 15) is 34.2 Å². The SMILES string of the molecule is CCCCCCCC1CCN[C@@H](CO)C(=O)N[C@@H](CC(C)C)C(=O)OC(CCCCC)CC(=O)N[C@H](CC(C)C)C(=O)N[C@@H](CO)C(=O)O1. The second-order valence-corrected chi connectivity index (χ2v) is 14.2. The molecule has 1 aliphatic heterocycles. The van der Waals surface area contributed by atoms with Crippen LogP contribution in [-0.4, -0.2) is 96.0 Å². The van der Waals surface area contributed by atoms with E-state index in [1.165, 1.54) is 0 Å². The van der Waals surface area contributed by atoms with Crippen LogP contribution in [0.5, 0.6) is 0 Å². The summed E-state index contributed by atoms with van der Waals surface area (Å²) in [5, 5.41) is 31.2. The van der Waals surface area contributed by atoms with Gasteiger partial charge in [-0.15, -0.1) is 0 Å². The highest BCUT2D eigenvalue weighted by atomic mass is 16.5. The molecule has 6 atom stereocenters. The third-order valence-electron chi connectivity index (χ3n) is 8.54. The van der Waals surface area contributed by atoms with Crippen LogP contribution < -0.4 is 21.3 Å². The Bertz CT molecular complexity index is 994. The molecule has 13 nitrogen and oxygen atoms in total. The van der Waals surface area contributed by atoms with Crippen molar-refractivity contribution < 1.29 is 43.7 Å². The molecule has 0 aromatic heterocycles. The van der Waals surface area contributed by atoms with Crippen LogP contribution >= 0.6 is 0 Å². The van der Waals surface area contributed by atoms with Crippen molar-refractivity contribution in [1.29, 1.82) is 0 Å². The number of cyclic esters (lactones) is 2. The van der Waals surface area contributed by atoms with Gasteiger partial charge in [0, 0.05) is 0 Å². The first-order valence-electron chi connectivity index (χ1n) is 18.6. The minimum Gasteiger partial charge on any atom is -0.461 e. The summed E-state index contributed by atoms with van der Waals surface area (Å²) in [5.41, 5.74) is 0. The van der Waals surface area contributed by atoms with E-state index < -0.39 is 79.2 Å². The maximum absolute atomic E-state index is 13.5. The number of rotatable bonds is 16. The third-order valence-corrected chi connectivity index (χ3v) is 8.54. The summed E-state index contributed by atoms with van der Waals surface area (Å²) in [6.07, 6.45) is 7.66. The predicted octanol–water partition coefficient (Wildman–Crippen LogP) is 3.03. The number of nitrogens with one attached hydrogen (secondary N) is 4. The topological polar surface area (TPSA) is 192 Å². The number of amides is 3. The lowest BCUT2D eigenvalue weighted by Crippen LogP contribution is -2.54. The molecule has 0 aromatic rings. The van der Waals surface area contributed by atoms with Gasteiger partial charge in [-0.3, -0.25) is 14.4 Å². The largest absolute Gasteiger partial charge is 0.461 e. The number of aliphatic hydroxyl groups is 2. The number of esters is 2. The Hall–Kier alpha value is -2.77. The van der Waals surface area contributed by atoms with Crippen LogP contribution in [0.3, 0.4) is 0 Å². The molecular formula is C36H66N4O9. The molecule has 0 aliphatic carbocycles. The summed E-state index contributed by atoms with van der Waals surface area (Å²) >= 11 is 0. The monoisotopic (exact) mass is 698 g/mol. The second-order valence-electron chi connectivity index (χ2n) is 14.2. The van der Waals surface area contributed by atoms with E-state index in [0.717, 1.165) is 44.9 Å². The van der Waals surface area contributed by atoms with E-state index in [0.29, 0.717) is 25.7 Å². The van der Waals surface area contributed by atoms with Gasteiger partial charge in [-0.25, -0.2) is 9.59 Å². The highest BCUT2D eigenvalue weighted by Crippen LogP contribution is 2.17. The molecule has 1 saturated heterocycles. The molecule has 2 unspecified atom stereocenters. The molecule has 6 N–H and O–H groups in total. The van der Waals surface area contributed by atoms with Gasteiger partial charge in [-0.2, -0.15) is 0 Å². The van der Waals surface area contributed by atoms with Crippen molar-refractivity contribution in [1.82, 2.24) is 21.3 Å². The lowest BCUT2D eigenvalue weighted by Gasteiger charge is -2.27. The Kier molecular flexibility index (Phi) is 22.8. The van der Waals surface area contributed by atoms with Gasteiger partial charge >= 0.3 is 11.9 Å². The summed E-state index contributed by atoms with van der Waals surface area (Å²) in [7, 11) is 0. The van der Waals surface area contributed by atoms with Crippen molar-refractivity contribution in [2.75, 3.05) is 19.8 Å². The standard InChI is InChI=1S/C36H66N4O9/c1-7-9-11-12-14-15-26-17-18-37-30(22-41)34(45)39-29(20-25(5)6)35(46)49-27(16-13-10-8-2)21-32(43)38-28(19-24(3)4)33(44)40-31(23-42)36(47)48-26/h24-31,37,41-42H,7-23H2,1-6H3,(H,38,43)(H,39,45)(H,40,44)/t26?,27?,28-,29+,30+,31+/m1/s1. The Balaban J connectivity index is 3.42. The number of carbonyl (C=O) groups excluding carboxylic acids is 5. The number of hydrogen-bond donors (Lipinski definition) is 6. The van der Waals surface area contributed by atoms with Crippen LogP contribution in [0.1, 0.15) is 131 Å². The van der Waals surface area contributed by atoms with E-state index in [1.807, 2.05) is 34.6 Å². The van der Waals surface area contributed by atoms with Crippen LogP contribution in [0.2, 0.25) is 0 Å². The zero-order chi connectivity index (χ0) is 36.8. The lowest BCUT2D eigenvalue weighted by atomic mass is 10.0. The number of aliphatic hydroxyl groups excluding tert-OH is 2. The fourth-order valence-corrected chi connectivity index (χ4v) is 5.79. The molecule has 49 heavy (non-hydrogen) atoms. The van der Waals surface area contributed by atoms with Crippen LogP contribution in [0, 0.1) is 11.8 Å². The molecule has 0 radical (unpaired) electrons. The van der Waals surface area contributed by atoms with Gasteiger partial charge < -0.3 is 41.0 Å². The Morgan fingerprint density at radius 2 is 1.12 bits per heavy atom. The quantitative estimate of drug-likeness (QED) is 0.103. The normalized spacial score (nSPS) is 25.7. The van der Waals surface area contributed by atoms with Crippen LogP contribution in [0.4, 0.5) is 0 Å². The van der Waals surface area contributed by atoms with E-state index in [2.05, 4.69) is 28.2 Å². The predicted molar refractivity (Wildman–Crippen MR) is 187 cm³/mol. The van der Waals surface area contributed by atoms with E-state index in [-0.39, 0.29) is 37.6 Å². The molecule has 3 amide bonds. The number of hydrogen-bond acceptors (Lipinski definition) is 10. The fourth-order valence-electron chi connectivity index (χ4n) is 5.79. The fraction of sp³-hybridized carbons (Fsp3) is 0.861. The minimum absolute atomic E-state index is 0.00652. The average molecular weight is 699 g/mol. The molecule has 1 heterocycles. The number of ether oxygens (including phenoxy) is 2. The minimum atomic E-state index is -1.35.